The third-order valence-corrected chi connectivity index (χ3v) is 2.69. The van der Waals surface area contributed by atoms with Crippen molar-refractivity contribution < 1.29 is 12.8 Å². The standard InChI is InChI=1S/C7H5Cl2FO2S/c8-7-2-1-6(10)3-5(7)4-13(9,11)12/h1-3H,4H2. The van der Waals surface area contributed by atoms with Gasteiger partial charge in [-0.3, -0.25) is 0 Å². The summed E-state index contributed by atoms with van der Waals surface area (Å²) in [5.41, 5.74) is 0.164. The van der Waals surface area contributed by atoms with E-state index in [1.165, 1.54) is 6.07 Å². The Bertz CT molecular complexity index is 417. The van der Waals surface area contributed by atoms with Crippen molar-refractivity contribution in [2.24, 2.45) is 0 Å². The van der Waals surface area contributed by atoms with Crippen LogP contribution < -0.4 is 0 Å². The van der Waals surface area contributed by atoms with Gasteiger partial charge in [0.1, 0.15) is 5.82 Å². The summed E-state index contributed by atoms with van der Waals surface area (Å²) in [6.07, 6.45) is 0. The molecule has 0 heterocycles. The second-order valence-electron chi connectivity index (χ2n) is 2.42. The molecule has 1 aromatic carbocycles. The fourth-order valence-electron chi connectivity index (χ4n) is 0.840. The first-order valence-corrected chi connectivity index (χ1v) is 6.10. The quantitative estimate of drug-likeness (QED) is 0.748. The van der Waals surface area contributed by atoms with E-state index in [1.54, 1.807) is 0 Å². The van der Waals surface area contributed by atoms with Gasteiger partial charge in [-0.2, -0.15) is 0 Å². The van der Waals surface area contributed by atoms with E-state index < -0.39 is 20.6 Å². The van der Waals surface area contributed by atoms with Gasteiger partial charge in [0.2, 0.25) is 9.05 Å². The average Bonchev–Trinajstić information content (AvgIpc) is 1.94. The zero-order valence-corrected chi connectivity index (χ0v) is 8.63. The highest BCUT2D eigenvalue weighted by Gasteiger charge is 2.10. The predicted octanol–water partition coefficient (Wildman–Crippen LogP) is 2.55. The molecule has 0 bridgehead atoms. The van der Waals surface area contributed by atoms with Crippen molar-refractivity contribution >= 4 is 31.3 Å². The van der Waals surface area contributed by atoms with Crippen LogP contribution in [-0.2, 0) is 14.8 Å². The van der Waals surface area contributed by atoms with Gasteiger partial charge in [-0.05, 0) is 23.8 Å². The maximum absolute atomic E-state index is 12.6. The van der Waals surface area contributed by atoms with Crippen LogP contribution in [0.25, 0.3) is 0 Å². The lowest BCUT2D eigenvalue weighted by atomic mass is 10.2. The van der Waals surface area contributed by atoms with Crippen molar-refractivity contribution in [3.63, 3.8) is 0 Å². The Hall–Kier alpha value is -0.320. The molecule has 0 aliphatic rings. The fourth-order valence-corrected chi connectivity index (χ4v) is 2.07. The third kappa shape index (κ3) is 3.50. The normalized spacial score (nSPS) is 11.6. The minimum Gasteiger partial charge on any atom is -0.212 e. The smallest absolute Gasteiger partial charge is 0.212 e. The molecule has 0 amide bonds. The second-order valence-corrected chi connectivity index (χ2v) is 5.60. The number of rotatable bonds is 2. The molecule has 0 fully saturated rings. The Morgan fingerprint density at radius 1 is 1.38 bits per heavy atom. The van der Waals surface area contributed by atoms with Gasteiger partial charge in [-0.15, -0.1) is 0 Å². The van der Waals surface area contributed by atoms with Crippen LogP contribution in [0.3, 0.4) is 0 Å². The zero-order valence-electron chi connectivity index (χ0n) is 6.30. The summed E-state index contributed by atoms with van der Waals surface area (Å²) in [6.45, 7) is 0. The molecular formula is C7H5Cl2FO2S. The Morgan fingerprint density at radius 2 is 2.00 bits per heavy atom. The van der Waals surface area contributed by atoms with E-state index in [-0.39, 0.29) is 10.6 Å². The number of benzene rings is 1. The van der Waals surface area contributed by atoms with Gasteiger partial charge >= 0.3 is 0 Å². The maximum atomic E-state index is 12.6. The molecular weight excluding hydrogens is 238 g/mol. The van der Waals surface area contributed by atoms with Crippen molar-refractivity contribution in [2.45, 2.75) is 5.75 Å². The molecule has 0 spiro atoms. The number of hydrogen-bond acceptors (Lipinski definition) is 2. The molecule has 6 heteroatoms. The van der Waals surface area contributed by atoms with Gasteiger partial charge in [0.15, 0.2) is 0 Å². The monoisotopic (exact) mass is 242 g/mol. The lowest BCUT2D eigenvalue weighted by Gasteiger charge is -2.00. The van der Waals surface area contributed by atoms with E-state index in [4.69, 9.17) is 22.3 Å². The highest BCUT2D eigenvalue weighted by atomic mass is 35.7. The van der Waals surface area contributed by atoms with Gasteiger partial charge in [-0.25, -0.2) is 12.8 Å². The summed E-state index contributed by atoms with van der Waals surface area (Å²) in [5.74, 6) is -1.01. The van der Waals surface area contributed by atoms with Gasteiger partial charge in [0.25, 0.3) is 0 Å². The average molecular weight is 243 g/mol. The molecule has 0 atom stereocenters. The Kier molecular flexibility index (Phi) is 3.16. The molecule has 0 aliphatic carbocycles. The first-order chi connectivity index (χ1) is 5.88. The van der Waals surface area contributed by atoms with Crippen molar-refractivity contribution in [3.05, 3.63) is 34.6 Å². The molecule has 0 N–H and O–H groups in total. The summed E-state index contributed by atoms with van der Waals surface area (Å²) in [6, 6.07) is 3.48. The molecule has 1 aromatic rings. The molecule has 0 aromatic heterocycles. The molecule has 0 aliphatic heterocycles. The van der Waals surface area contributed by atoms with E-state index in [2.05, 4.69) is 0 Å². The molecule has 0 saturated carbocycles. The largest absolute Gasteiger partial charge is 0.236 e. The van der Waals surface area contributed by atoms with Gasteiger partial charge in [0, 0.05) is 15.7 Å². The maximum Gasteiger partial charge on any atom is 0.236 e. The third-order valence-electron chi connectivity index (χ3n) is 1.34. The molecule has 72 valence electrons. The Labute approximate surface area is 84.7 Å². The molecule has 0 radical (unpaired) electrons. The van der Waals surface area contributed by atoms with E-state index in [1.807, 2.05) is 0 Å². The first kappa shape index (κ1) is 10.8. The summed E-state index contributed by atoms with van der Waals surface area (Å²) in [5, 5.41) is 0.186. The summed E-state index contributed by atoms with van der Waals surface area (Å²) >= 11 is 5.61. The highest BCUT2D eigenvalue weighted by molar-refractivity contribution is 8.13. The minimum atomic E-state index is -3.70. The second kappa shape index (κ2) is 3.82. The highest BCUT2D eigenvalue weighted by Crippen LogP contribution is 2.20. The van der Waals surface area contributed by atoms with E-state index in [9.17, 15) is 12.8 Å². The fraction of sp³-hybridized carbons (Fsp3) is 0.143. The lowest BCUT2D eigenvalue weighted by Crippen LogP contribution is -1.96. The van der Waals surface area contributed by atoms with E-state index in [0.717, 1.165) is 12.1 Å². The Morgan fingerprint density at radius 3 is 2.54 bits per heavy atom. The van der Waals surface area contributed by atoms with Crippen LogP contribution in [0.5, 0.6) is 0 Å². The van der Waals surface area contributed by atoms with Gasteiger partial charge < -0.3 is 0 Å². The van der Waals surface area contributed by atoms with Crippen LogP contribution in [-0.4, -0.2) is 8.42 Å². The molecule has 13 heavy (non-hydrogen) atoms. The topological polar surface area (TPSA) is 34.1 Å². The number of halogens is 3. The van der Waals surface area contributed by atoms with Crippen molar-refractivity contribution in [2.75, 3.05) is 0 Å². The molecule has 0 unspecified atom stereocenters. The van der Waals surface area contributed by atoms with Crippen LogP contribution in [0.15, 0.2) is 18.2 Å². The number of hydrogen-bond donors (Lipinski definition) is 0. The summed E-state index contributed by atoms with van der Waals surface area (Å²) < 4.78 is 33.9. The molecule has 1 rings (SSSR count). The van der Waals surface area contributed by atoms with Crippen LogP contribution in [0.4, 0.5) is 4.39 Å². The molecule has 0 saturated heterocycles. The van der Waals surface area contributed by atoms with Crippen LogP contribution in [0.1, 0.15) is 5.56 Å². The first-order valence-electron chi connectivity index (χ1n) is 3.25. The van der Waals surface area contributed by atoms with Gasteiger partial charge in [0.05, 0.1) is 5.75 Å². The predicted molar refractivity (Wildman–Crippen MR) is 49.9 cm³/mol. The summed E-state index contributed by atoms with van der Waals surface area (Å²) in [7, 11) is 1.29. The minimum absolute atomic E-state index is 0.164. The Balaban J connectivity index is 3.08. The lowest BCUT2D eigenvalue weighted by molar-refractivity contribution is 0.608. The van der Waals surface area contributed by atoms with Crippen molar-refractivity contribution in [1.82, 2.24) is 0 Å². The van der Waals surface area contributed by atoms with Crippen LogP contribution in [0.2, 0.25) is 5.02 Å². The van der Waals surface area contributed by atoms with Gasteiger partial charge in [-0.1, -0.05) is 11.6 Å². The molecule has 2 nitrogen and oxygen atoms in total. The van der Waals surface area contributed by atoms with Crippen molar-refractivity contribution in [3.8, 4) is 0 Å². The van der Waals surface area contributed by atoms with Crippen LogP contribution in [0, 0.1) is 5.82 Å². The van der Waals surface area contributed by atoms with Crippen molar-refractivity contribution in [1.29, 1.82) is 0 Å². The SMILES string of the molecule is O=S(=O)(Cl)Cc1cc(F)ccc1Cl. The summed E-state index contributed by atoms with van der Waals surface area (Å²) in [4.78, 5) is 0. The zero-order chi connectivity index (χ0) is 10.1. The van der Waals surface area contributed by atoms with E-state index >= 15 is 0 Å². The van der Waals surface area contributed by atoms with E-state index in [0.29, 0.717) is 0 Å². The van der Waals surface area contributed by atoms with Crippen LogP contribution >= 0.6 is 22.3 Å².